The molecule has 0 aliphatic carbocycles. The molecule has 0 aliphatic heterocycles. The Hall–Kier alpha value is -2.30. The van der Waals surface area contributed by atoms with Crippen LogP contribution in [-0.2, 0) is 17.8 Å². The maximum absolute atomic E-state index is 12.2. The first-order chi connectivity index (χ1) is 9.69. The lowest BCUT2D eigenvalue weighted by Crippen LogP contribution is -2.35. The molecule has 1 aromatic heterocycles. The SMILES string of the molecule is CCN(CCc1ccccc1)C(=O)Cn1ccc(N)n1. The number of nitrogens with zero attached hydrogens (tertiary/aromatic N) is 3. The molecule has 0 saturated carbocycles. The first-order valence-corrected chi connectivity index (χ1v) is 6.79. The molecule has 1 heterocycles. The number of carbonyl (C=O) groups excluding carboxylic acids is 1. The lowest BCUT2D eigenvalue weighted by molar-refractivity contribution is -0.131. The summed E-state index contributed by atoms with van der Waals surface area (Å²) in [5.74, 6) is 0.497. The predicted molar refractivity (Wildman–Crippen MR) is 79.0 cm³/mol. The van der Waals surface area contributed by atoms with E-state index in [0.717, 1.165) is 13.0 Å². The van der Waals surface area contributed by atoms with Crippen molar-refractivity contribution in [3.8, 4) is 0 Å². The highest BCUT2D eigenvalue weighted by Gasteiger charge is 2.12. The van der Waals surface area contributed by atoms with Gasteiger partial charge in [0.05, 0.1) is 0 Å². The van der Waals surface area contributed by atoms with Gasteiger partial charge in [-0.3, -0.25) is 9.48 Å². The highest BCUT2D eigenvalue weighted by atomic mass is 16.2. The van der Waals surface area contributed by atoms with Crippen LogP contribution in [0.15, 0.2) is 42.6 Å². The fourth-order valence-electron chi connectivity index (χ4n) is 2.07. The standard InChI is InChI=1S/C15H20N4O/c1-2-18(10-8-13-6-4-3-5-7-13)15(20)12-19-11-9-14(16)17-19/h3-7,9,11H,2,8,10,12H2,1H3,(H2,16,17). The fourth-order valence-corrected chi connectivity index (χ4v) is 2.07. The van der Waals surface area contributed by atoms with Crippen molar-refractivity contribution >= 4 is 11.7 Å². The van der Waals surface area contributed by atoms with E-state index >= 15 is 0 Å². The molecule has 0 radical (unpaired) electrons. The molecular formula is C15H20N4O. The summed E-state index contributed by atoms with van der Waals surface area (Å²) < 4.78 is 1.57. The summed E-state index contributed by atoms with van der Waals surface area (Å²) in [5.41, 5.74) is 6.78. The molecule has 106 valence electrons. The maximum Gasteiger partial charge on any atom is 0.244 e. The fraction of sp³-hybridized carbons (Fsp3) is 0.333. The lowest BCUT2D eigenvalue weighted by atomic mass is 10.1. The molecule has 1 aromatic carbocycles. The normalized spacial score (nSPS) is 10.4. The van der Waals surface area contributed by atoms with Gasteiger partial charge >= 0.3 is 0 Å². The van der Waals surface area contributed by atoms with Gasteiger partial charge in [-0.2, -0.15) is 5.10 Å². The Labute approximate surface area is 119 Å². The molecule has 1 amide bonds. The zero-order valence-electron chi connectivity index (χ0n) is 11.7. The van der Waals surface area contributed by atoms with Gasteiger partial charge in [0.1, 0.15) is 12.4 Å². The van der Waals surface area contributed by atoms with Crippen LogP contribution >= 0.6 is 0 Å². The average Bonchev–Trinajstić information content (AvgIpc) is 2.86. The largest absolute Gasteiger partial charge is 0.382 e. The van der Waals surface area contributed by atoms with Gasteiger partial charge in [-0.05, 0) is 25.0 Å². The number of amides is 1. The number of hydrogen-bond donors (Lipinski definition) is 1. The third-order valence-electron chi connectivity index (χ3n) is 3.21. The van der Waals surface area contributed by atoms with Gasteiger partial charge in [0, 0.05) is 19.3 Å². The van der Waals surface area contributed by atoms with E-state index in [1.54, 1.807) is 16.9 Å². The summed E-state index contributed by atoms with van der Waals surface area (Å²) in [6.07, 6.45) is 2.58. The average molecular weight is 272 g/mol. The highest BCUT2D eigenvalue weighted by molar-refractivity contribution is 5.75. The molecule has 5 heteroatoms. The molecule has 0 bridgehead atoms. The Kier molecular flexibility index (Phi) is 4.76. The van der Waals surface area contributed by atoms with Gasteiger partial charge in [0.2, 0.25) is 5.91 Å². The highest BCUT2D eigenvalue weighted by Crippen LogP contribution is 2.03. The summed E-state index contributed by atoms with van der Waals surface area (Å²) in [6.45, 7) is 3.64. The summed E-state index contributed by atoms with van der Waals surface area (Å²) in [5, 5.41) is 4.03. The molecule has 2 N–H and O–H groups in total. The Morgan fingerprint density at radius 3 is 2.65 bits per heavy atom. The van der Waals surface area contributed by atoms with Gasteiger partial charge in [-0.15, -0.1) is 0 Å². The maximum atomic E-state index is 12.2. The lowest BCUT2D eigenvalue weighted by Gasteiger charge is -2.20. The molecule has 20 heavy (non-hydrogen) atoms. The molecule has 0 unspecified atom stereocenters. The monoisotopic (exact) mass is 272 g/mol. The van der Waals surface area contributed by atoms with E-state index in [9.17, 15) is 4.79 Å². The molecule has 0 aliphatic rings. The number of carbonyl (C=O) groups is 1. The van der Waals surface area contributed by atoms with E-state index in [0.29, 0.717) is 12.4 Å². The quantitative estimate of drug-likeness (QED) is 0.868. The molecule has 2 rings (SSSR count). The number of benzene rings is 1. The Morgan fingerprint density at radius 2 is 2.05 bits per heavy atom. The number of hydrogen-bond acceptors (Lipinski definition) is 3. The van der Waals surface area contributed by atoms with Crippen molar-refractivity contribution in [2.45, 2.75) is 19.9 Å². The second-order valence-electron chi connectivity index (χ2n) is 4.65. The Morgan fingerprint density at radius 1 is 1.30 bits per heavy atom. The van der Waals surface area contributed by atoms with Gasteiger partial charge in [0.15, 0.2) is 0 Å². The molecule has 0 fully saturated rings. The van der Waals surface area contributed by atoms with Gasteiger partial charge < -0.3 is 10.6 Å². The van der Waals surface area contributed by atoms with Crippen LogP contribution in [0.4, 0.5) is 5.82 Å². The van der Waals surface area contributed by atoms with E-state index < -0.39 is 0 Å². The van der Waals surface area contributed by atoms with Crippen LogP contribution in [0.5, 0.6) is 0 Å². The van der Waals surface area contributed by atoms with Crippen molar-refractivity contribution < 1.29 is 4.79 Å². The third kappa shape index (κ3) is 3.85. The summed E-state index contributed by atoms with van der Waals surface area (Å²) >= 11 is 0. The number of nitrogens with two attached hydrogens (primary N) is 1. The van der Waals surface area contributed by atoms with Crippen molar-refractivity contribution in [1.82, 2.24) is 14.7 Å². The van der Waals surface area contributed by atoms with E-state index in [1.165, 1.54) is 5.56 Å². The zero-order valence-corrected chi connectivity index (χ0v) is 11.7. The van der Waals surface area contributed by atoms with Crippen molar-refractivity contribution in [3.05, 3.63) is 48.2 Å². The van der Waals surface area contributed by atoms with Crippen molar-refractivity contribution in [3.63, 3.8) is 0 Å². The van der Waals surface area contributed by atoms with Crippen LogP contribution in [-0.4, -0.2) is 33.7 Å². The van der Waals surface area contributed by atoms with Crippen LogP contribution in [0.3, 0.4) is 0 Å². The minimum absolute atomic E-state index is 0.0616. The summed E-state index contributed by atoms with van der Waals surface area (Å²) in [6, 6.07) is 11.9. The third-order valence-corrected chi connectivity index (χ3v) is 3.21. The molecule has 0 atom stereocenters. The minimum atomic E-state index is 0.0616. The second-order valence-corrected chi connectivity index (χ2v) is 4.65. The second kappa shape index (κ2) is 6.75. The number of nitrogen functional groups attached to an aromatic ring is 1. The topological polar surface area (TPSA) is 64.2 Å². The van der Waals surface area contributed by atoms with Gasteiger partial charge in [-0.25, -0.2) is 0 Å². The molecule has 2 aromatic rings. The van der Waals surface area contributed by atoms with E-state index in [1.807, 2.05) is 30.0 Å². The molecule has 0 saturated heterocycles. The van der Waals surface area contributed by atoms with Crippen molar-refractivity contribution in [2.24, 2.45) is 0 Å². The Balaban J connectivity index is 1.89. The molecule has 5 nitrogen and oxygen atoms in total. The number of likely N-dealkylation sites (N-methyl/N-ethyl adjacent to an activating group) is 1. The van der Waals surface area contributed by atoms with Gasteiger partial charge in [0.25, 0.3) is 0 Å². The number of rotatable bonds is 6. The van der Waals surface area contributed by atoms with Crippen LogP contribution in [0.1, 0.15) is 12.5 Å². The van der Waals surface area contributed by atoms with E-state index in [-0.39, 0.29) is 12.5 Å². The van der Waals surface area contributed by atoms with Crippen LogP contribution in [0, 0.1) is 0 Å². The van der Waals surface area contributed by atoms with Crippen LogP contribution < -0.4 is 5.73 Å². The van der Waals surface area contributed by atoms with Gasteiger partial charge in [-0.1, -0.05) is 30.3 Å². The minimum Gasteiger partial charge on any atom is -0.382 e. The summed E-state index contributed by atoms with van der Waals surface area (Å²) in [7, 11) is 0. The van der Waals surface area contributed by atoms with E-state index in [2.05, 4.69) is 17.2 Å². The molecule has 0 spiro atoms. The number of anilines is 1. The van der Waals surface area contributed by atoms with Crippen molar-refractivity contribution in [1.29, 1.82) is 0 Å². The number of aromatic nitrogens is 2. The van der Waals surface area contributed by atoms with E-state index in [4.69, 9.17) is 5.73 Å². The first-order valence-electron chi connectivity index (χ1n) is 6.79. The van der Waals surface area contributed by atoms with Crippen molar-refractivity contribution in [2.75, 3.05) is 18.8 Å². The summed E-state index contributed by atoms with van der Waals surface area (Å²) in [4.78, 5) is 14.0. The predicted octanol–water partition coefficient (Wildman–Crippen LogP) is 1.56. The Bertz CT molecular complexity index is 550. The van der Waals surface area contributed by atoms with Crippen LogP contribution in [0.25, 0.3) is 0 Å². The first kappa shape index (κ1) is 14.1. The van der Waals surface area contributed by atoms with Crippen LogP contribution in [0.2, 0.25) is 0 Å². The zero-order chi connectivity index (χ0) is 14.4. The molecular weight excluding hydrogens is 252 g/mol. The smallest absolute Gasteiger partial charge is 0.244 e.